The Balaban J connectivity index is 1.75. The maximum absolute atomic E-state index is 6.17. The summed E-state index contributed by atoms with van der Waals surface area (Å²) in [6, 6.07) is 24.1. The number of nitrogens with two attached hydrogens (primary N) is 2. The van der Waals surface area contributed by atoms with Crippen LogP contribution >= 0.6 is 0 Å². The molecule has 4 rings (SSSR count). The van der Waals surface area contributed by atoms with E-state index >= 15 is 0 Å². The molecule has 0 saturated carbocycles. The third-order valence-electron chi connectivity index (χ3n) is 4.92. The first-order valence-corrected chi connectivity index (χ1v) is 8.51. The first kappa shape index (κ1) is 15.1. The van der Waals surface area contributed by atoms with E-state index in [-0.39, 0.29) is 6.04 Å². The molecule has 1 unspecified atom stereocenters. The zero-order valence-corrected chi connectivity index (χ0v) is 13.7. The van der Waals surface area contributed by atoms with Crippen molar-refractivity contribution < 1.29 is 0 Å². The van der Waals surface area contributed by atoms with Gasteiger partial charge in [0.25, 0.3) is 0 Å². The van der Waals surface area contributed by atoms with E-state index in [1.807, 2.05) is 0 Å². The van der Waals surface area contributed by atoms with Gasteiger partial charge >= 0.3 is 0 Å². The molecule has 0 radical (unpaired) electrons. The zero-order valence-electron chi connectivity index (χ0n) is 13.7. The summed E-state index contributed by atoms with van der Waals surface area (Å²) in [4.78, 5) is 0. The molecule has 0 bridgehead atoms. The minimum atomic E-state index is 0.258. The molecule has 0 heterocycles. The largest absolute Gasteiger partial charge is 0.327 e. The number of rotatable bonds is 3. The lowest BCUT2D eigenvalue weighted by Gasteiger charge is -2.11. The number of hydrogen-bond donors (Lipinski definition) is 2. The number of hydrogen-bond acceptors (Lipinski definition) is 2. The van der Waals surface area contributed by atoms with Gasteiger partial charge in [0.15, 0.2) is 0 Å². The van der Waals surface area contributed by atoms with Gasteiger partial charge in [-0.25, -0.2) is 0 Å². The lowest BCUT2D eigenvalue weighted by Crippen LogP contribution is -2.19. The van der Waals surface area contributed by atoms with Crippen LogP contribution in [0.5, 0.6) is 0 Å². The summed E-state index contributed by atoms with van der Waals surface area (Å²) in [5.41, 5.74) is 20.9. The van der Waals surface area contributed by atoms with Gasteiger partial charge in [-0.2, -0.15) is 0 Å². The molecule has 2 nitrogen and oxygen atoms in total. The van der Waals surface area contributed by atoms with Crippen molar-refractivity contribution in [2.45, 2.75) is 25.4 Å². The van der Waals surface area contributed by atoms with Gasteiger partial charge in [0, 0.05) is 12.6 Å². The van der Waals surface area contributed by atoms with Gasteiger partial charge in [-0.3, -0.25) is 0 Å². The Hall–Kier alpha value is -2.42. The lowest BCUT2D eigenvalue weighted by molar-refractivity contribution is 0.721. The van der Waals surface area contributed by atoms with E-state index in [1.165, 1.54) is 33.4 Å². The highest BCUT2D eigenvalue weighted by Gasteiger charge is 2.21. The molecule has 4 N–H and O–H groups in total. The highest BCUT2D eigenvalue weighted by atomic mass is 14.6. The molecule has 0 aromatic heterocycles. The minimum absolute atomic E-state index is 0.258. The van der Waals surface area contributed by atoms with Crippen molar-refractivity contribution in [2.75, 3.05) is 0 Å². The Kier molecular flexibility index (Phi) is 3.93. The minimum Gasteiger partial charge on any atom is -0.327 e. The molecule has 0 fully saturated rings. The second kappa shape index (κ2) is 6.23. The Morgan fingerprint density at radius 1 is 0.792 bits per heavy atom. The average Bonchev–Trinajstić information content (AvgIpc) is 3.02. The van der Waals surface area contributed by atoms with Crippen molar-refractivity contribution in [3.8, 4) is 22.3 Å². The van der Waals surface area contributed by atoms with E-state index < -0.39 is 0 Å². The Morgan fingerprint density at radius 3 is 2.33 bits per heavy atom. The molecule has 0 spiro atoms. The van der Waals surface area contributed by atoms with Crippen molar-refractivity contribution in [3.63, 3.8) is 0 Å². The van der Waals surface area contributed by atoms with E-state index in [0.717, 1.165) is 18.4 Å². The summed E-state index contributed by atoms with van der Waals surface area (Å²) in [6.45, 7) is 0.580. The molecular formula is C22H22N2. The van der Waals surface area contributed by atoms with Crippen LogP contribution in [0.15, 0.2) is 66.7 Å². The van der Waals surface area contributed by atoms with Crippen molar-refractivity contribution in [2.24, 2.45) is 11.5 Å². The van der Waals surface area contributed by atoms with Gasteiger partial charge < -0.3 is 11.5 Å². The molecule has 0 amide bonds. The standard InChI is InChI=1S/C22H22N2/c23-14-15-7-9-16(10-8-15)17-3-1-4-18(11-17)21-6-2-5-19-12-20(24)13-22(19)21/h1-11,20H,12-14,23-24H2. The van der Waals surface area contributed by atoms with E-state index in [4.69, 9.17) is 11.5 Å². The fourth-order valence-electron chi connectivity index (χ4n) is 3.65. The van der Waals surface area contributed by atoms with E-state index in [0.29, 0.717) is 6.54 Å². The van der Waals surface area contributed by atoms with Crippen LogP contribution in [-0.4, -0.2) is 6.04 Å². The van der Waals surface area contributed by atoms with Crippen LogP contribution in [0.2, 0.25) is 0 Å². The summed E-state index contributed by atoms with van der Waals surface area (Å²) < 4.78 is 0. The first-order valence-electron chi connectivity index (χ1n) is 8.51. The summed E-state index contributed by atoms with van der Waals surface area (Å²) in [7, 11) is 0. The maximum atomic E-state index is 6.17. The topological polar surface area (TPSA) is 52.0 Å². The first-order chi connectivity index (χ1) is 11.7. The van der Waals surface area contributed by atoms with Crippen LogP contribution in [0.25, 0.3) is 22.3 Å². The highest BCUT2D eigenvalue weighted by molar-refractivity contribution is 5.76. The Morgan fingerprint density at radius 2 is 1.54 bits per heavy atom. The summed E-state index contributed by atoms with van der Waals surface area (Å²) in [5, 5.41) is 0. The van der Waals surface area contributed by atoms with E-state index in [2.05, 4.69) is 66.7 Å². The summed E-state index contributed by atoms with van der Waals surface area (Å²) in [5.74, 6) is 0. The second-order valence-electron chi connectivity index (χ2n) is 6.59. The van der Waals surface area contributed by atoms with Crippen LogP contribution in [0.3, 0.4) is 0 Å². The van der Waals surface area contributed by atoms with Gasteiger partial charge in [-0.1, -0.05) is 60.7 Å². The average molecular weight is 314 g/mol. The molecule has 2 heteroatoms. The van der Waals surface area contributed by atoms with Gasteiger partial charge in [-0.05, 0) is 57.9 Å². The third kappa shape index (κ3) is 2.75. The molecule has 1 aliphatic carbocycles. The molecular weight excluding hydrogens is 292 g/mol. The molecule has 1 aliphatic rings. The molecule has 120 valence electrons. The van der Waals surface area contributed by atoms with Crippen molar-refractivity contribution in [1.82, 2.24) is 0 Å². The third-order valence-corrected chi connectivity index (χ3v) is 4.92. The summed E-state index contributed by atoms with van der Waals surface area (Å²) >= 11 is 0. The maximum Gasteiger partial charge on any atom is 0.0178 e. The normalized spacial score (nSPS) is 16.2. The number of fused-ring (bicyclic) bond motifs is 1. The van der Waals surface area contributed by atoms with E-state index in [9.17, 15) is 0 Å². The van der Waals surface area contributed by atoms with Gasteiger partial charge in [0.2, 0.25) is 0 Å². The van der Waals surface area contributed by atoms with Crippen molar-refractivity contribution >= 4 is 0 Å². The summed E-state index contributed by atoms with van der Waals surface area (Å²) in [6.07, 6.45) is 1.96. The zero-order chi connectivity index (χ0) is 16.5. The van der Waals surface area contributed by atoms with Crippen molar-refractivity contribution in [3.05, 3.63) is 83.4 Å². The Bertz CT molecular complexity index is 865. The second-order valence-corrected chi connectivity index (χ2v) is 6.59. The van der Waals surface area contributed by atoms with Crippen LogP contribution in [-0.2, 0) is 19.4 Å². The molecule has 3 aromatic rings. The quantitative estimate of drug-likeness (QED) is 0.770. The smallest absolute Gasteiger partial charge is 0.0178 e. The fourth-order valence-corrected chi connectivity index (χ4v) is 3.65. The van der Waals surface area contributed by atoms with Crippen LogP contribution in [0, 0.1) is 0 Å². The molecule has 24 heavy (non-hydrogen) atoms. The predicted molar refractivity (Wildman–Crippen MR) is 101 cm³/mol. The Labute approximate surface area is 143 Å². The van der Waals surface area contributed by atoms with E-state index in [1.54, 1.807) is 0 Å². The fraction of sp³-hybridized carbons (Fsp3) is 0.182. The predicted octanol–water partition coefficient (Wildman–Crippen LogP) is 3.91. The van der Waals surface area contributed by atoms with Gasteiger partial charge in [0.05, 0.1) is 0 Å². The van der Waals surface area contributed by atoms with Gasteiger partial charge in [-0.15, -0.1) is 0 Å². The van der Waals surface area contributed by atoms with Crippen molar-refractivity contribution in [1.29, 1.82) is 0 Å². The van der Waals surface area contributed by atoms with Crippen LogP contribution in [0.1, 0.15) is 16.7 Å². The molecule has 0 aliphatic heterocycles. The number of benzene rings is 3. The van der Waals surface area contributed by atoms with Gasteiger partial charge in [0.1, 0.15) is 0 Å². The molecule has 1 atom stereocenters. The van der Waals surface area contributed by atoms with Crippen LogP contribution in [0.4, 0.5) is 0 Å². The molecule has 3 aromatic carbocycles. The SMILES string of the molecule is NCc1ccc(-c2cccc(-c3cccc4c3CC(N)C4)c2)cc1. The highest BCUT2D eigenvalue weighted by Crippen LogP contribution is 2.34. The monoisotopic (exact) mass is 314 g/mol. The lowest BCUT2D eigenvalue weighted by atomic mass is 9.94. The van der Waals surface area contributed by atoms with Crippen LogP contribution < -0.4 is 11.5 Å². The molecule has 0 saturated heterocycles.